The lowest BCUT2D eigenvalue weighted by molar-refractivity contribution is 0.0924. The van der Waals surface area contributed by atoms with Gasteiger partial charge in [-0.25, -0.2) is 13.7 Å². The molecule has 2 unspecified atom stereocenters. The van der Waals surface area contributed by atoms with Gasteiger partial charge in [0, 0.05) is 30.5 Å². The van der Waals surface area contributed by atoms with Gasteiger partial charge in [-0.15, -0.1) is 46.1 Å². The van der Waals surface area contributed by atoms with E-state index in [0.29, 0.717) is 23.0 Å². The van der Waals surface area contributed by atoms with E-state index in [1.165, 1.54) is 89.3 Å². The molecule has 0 fully saturated rings. The molecule has 0 saturated carbocycles. The number of hydrogen-bond donors (Lipinski definition) is 0. The molecule has 0 radical (unpaired) electrons. The monoisotopic (exact) mass is 793 g/mol. The summed E-state index contributed by atoms with van der Waals surface area (Å²) in [5, 5.41) is 3.17. The van der Waals surface area contributed by atoms with Gasteiger partial charge in [0.15, 0.2) is 0 Å². The highest BCUT2D eigenvalue weighted by Crippen LogP contribution is 2.53. The predicted molar refractivity (Wildman–Crippen MR) is 227 cm³/mol. The Morgan fingerprint density at radius 2 is 1.26 bits per heavy atom. The van der Waals surface area contributed by atoms with Crippen LogP contribution in [0.1, 0.15) is 151 Å². The first-order valence-electron chi connectivity index (χ1n) is 19.8. The van der Waals surface area contributed by atoms with Crippen LogP contribution in [-0.4, -0.2) is 19.9 Å². The van der Waals surface area contributed by atoms with E-state index < -0.39 is 36.9 Å². The lowest BCUT2D eigenvalue weighted by atomic mass is 9.90. The van der Waals surface area contributed by atoms with E-state index in [1.54, 1.807) is 27.9 Å². The normalized spacial score (nSPS) is 18.2. The highest BCUT2D eigenvalue weighted by molar-refractivity contribution is 7.32. The number of amides is 2. The summed E-state index contributed by atoms with van der Waals surface area (Å²) in [5.74, 6) is -1.43. The quantitative estimate of drug-likeness (QED) is 0.0942. The number of nitrogens with zero attached hydrogens (tertiary/aromatic N) is 1. The second kappa shape index (κ2) is 15.2. The molecule has 9 heteroatoms. The number of halogens is 2. The predicted octanol–water partition coefficient (Wildman–Crippen LogP) is 13.2. The number of rotatable bonds is 14. The molecule has 287 valence electrons. The molecular formula is C44H57F2NO2S3Si-. The van der Waals surface area contributed by atoms with Crippen LogP contribution < -0.4 is 15.3 Å². The molecule has 0 bridgehead atoms. The Kier molecular flexibility index (Phi) is 11.6. The lowest BCUT2D eigenvalue weighted by Crippen LogP contribution is -2.56. The highest BCUT2D eigenvalue weighted by atomic mass is 32.1. The number of fused-ring (bicyclic) bond motifs is 4. The molecule has 1 aromatic carbocycles. The third-order valence-corrected chi connectivity index (χ3v) is 22.0. The summed E-state index contributed by atoms with van der Waals surface area (Å²) in [6, 6.07) is 10.6. The molecule has 2 aliphatic heterocycles. The van der Waals surface area contributed by atoms with Crippen LogP contribution in [-0.2, 0) is 10.8 Å². The van der Waals surface area contributed by atoms with E-state index in [1.807, 2.05) is 11.3 Å². The molecule has 5 heterocycles. The van der Waals surface area contributed by atoms with Crippen molar-refractivity contribution in [2.75, 3.05) is 4.90 Å². The molecule has 0 saturated heterocycles. The summed E-state index contributed by atoms with van der Waals surface area (Å²) >= 11 is 5.31. The molecule has 2 amide bonds. The molecule has 53 heavy (non-hydrogen) atoms. The first-order valence-corrected chi connectivity index (χ1v) is 24.7. The molecule has 6 rings (SSSR count). The van der Waals surface area contributed by atoms with Crippen molar-refractivity contribution in [2.45, 2.75) is 144 Å². The Morgan fingerprint density at radius 1 is 0.698 bits per heavy atom. The first kappa shape index (κ1) is 40.2. The Balaban J connectivity index is 1.58. The van der Waals surface area contributed by atoms with Gasteiger partial charge in [0.25, 0.3) is 11.8 Å². The zero-order chi connectivity index (χ0) is 38.6. The van der Waals surface area contributed by atoms with Crippen molar-refractivity contribution >= 4 is 70.0 Å². The van der Waals surface area contributed by atoms with Crippen LogP contribution in [0.2, 0.25) is 12.1 Å². The Bertz CT molecular complexity index is 1990. The fourth-order valence-electron chi connectivity index (χ4n) is 8.59. The SMILES string of the molecule is CCCCC(CC)C[Si-]1(CC(CC)CCCC)c2cc(-c3sc(C(C)(C)C)c4c3C(=O)N(c3ccc(F)cc3F)C4=O)sc2-c2sc(C(C)(C)C)cc21. The summed E-state index contributed by atoms with van der Waals surface area (Å²) in [7, 11) is -2.30. The molecule has 2 atom stereocenters. The molecule has 4 aromatic rings. The van der Waals surface area contributed by atoms with Gasteiger partial charge >= 0.3 is 0 Å². The van der Waals surface area contributed by atoms with E-state index in [0.717, 1.165) is 31.7 Å². The molecule has 3 nitrogen and oxygen atoms in total. The van der Waals surface area contributed by atoms with Crippen LogP contribution in [0.3, 0.4) is 0 Å². The number of carbonyl (C=O) groups is 2. The van der Waals surface area contributed by atoms with Crippen molar-refractivity contribution in [3.63, 3.8) is 0 Å². The van der Waals surface area contributed by atoms with Crippen molar-refractivity contribution in [3.8, 4) is 19.5 Å². The van der Waals surface area contributed by atoms with Gasteiger partial charge in [-0.05, 0) is 23.0 Å². The maximum absolute atomic E-state index is 15.2. The fraction of sp³-hybridized carbons (Fsp3) is 0.545. The van der Waals surface area contributed by atoms with Crippen LogP contribution in [0.25, 0.3) is 19.5 Å². The van der Waals surface area contributed by atoms with Crippen molar-refractivity contribution in [2.24, 2.45) is 11.8 Å². The number of benzene rings is 1. The largest absolute Gasteiger partial charge is 0.268 e. The van der Waals surface area contributed by atoms with E-state index >= 15 is 4.39 Å². The zero-order valence-corrected chi connectivity index (χ0v) is 36.8. The van der Waals surface area contributed by atoms with Crippen LogP contribution >= 0.6 is 34.0 Å². The number of imide groups is 1. The third-order valence-electron chi connectivity index (χ3n) is 11.6. The van der Waals surface area contributed by atoms with Crippen LogP contribution in [0.5, 0.6) is 0 Å². The van der Waals surface area contributed by atoms with Gasteiger partial charge in [-0.1, -0.05) is 153 Å². The summed E-state index contributed by atoms with van der Waals surface area (Å²) in [6.07, 6.45) is 9.78. The molecule has 0 spiro atoms. The van der Waals surface area contributed by atoms with Crippen LogP contribution in [0.15, 0.2) is 30.3 Å². The maximum Gasteiger partial charge on any atom is 0.267 e. The summed E-state index contributed by atoms with van der Waals surface area (Å²) in [5.41, 5.74) is 0.137. The van der Waals surface area contributed by atoms with E-state index in [2.05, 4.69) is 81.4 Å². The lowest BCUT2D eigenvalue weighted by Gasteiger charge is -2.46. The summed E-state index contributed by atoms with van der Waals surface area (Å²) < 4.78 is 29.2. The molecule has 3 aromatic heterocycles. The minimum Gasteiger partial charge on any atom is -0.268 e. The van der Waals surface area contributed by atoms with Crippen molar-refractivity contribution < 1.29 is 18.4 Å². The van der Waals surface area contributed by atoms with E-state index in [4.69, 9.17) is 0 Å². The highest BCUT2D eigenvalue weighted by Gasteiger charge is 2.47. The van der Waals surface area contributed by atoms with Crippen molar-refractivity contribution in [1.82, 2.24) is 0 Å². The van der Waals surface area contributed by atoms with Crippen molar-refractivity contribution in [1.29, 1.82) is 0 Å². The number of hydrogen-bond acceptors (Lipinski definition) is 5. The minimum absolute atomic E-state index is 0.0379. The first-order chi connectivity index (χ1) is 25.0. The Labute approximate surface area is 329 Å². The number of anilines is 1. The summed E-state index contributed by atoms with van der Waals surface area (Å²) in [4.78, 5) is 36.5. The van der Waals surface area contributed by atoms with E-state index in [-0.39, 0.29) is 11.1 Å². The van der Waals surface area contributed by atoms with Gasteiger partial charge in [-0.3, -0.25) is 9.59 Å². The smallest absolute Gasteiger partial charge is 0.267 e. The van der Waals surface area contributed by atoms with Gasteiger partial charge in [0.2, 0.25) is 0 Å². The number of thiophene rings is 3. The minimum atomic E-state index is -2.30. The fourth-order valence-corrected chi connectivity index (χ4v) is 20.5. The molecule has 0 N–H and O–H groups in total. The standard InChI is InChI=1S/C44H57F2NO2S3Si/c1-11-15-17-26(13-3)24-53(25-27(14-4)18-16-12-2)32-22-31(50-38(32)39-33(53)23-34(51-39)43(5,6)7)37-35-36(40(52-37)44(8,9)10)42(49)47(41(35)48)30-20-19-28(45)21-29(30)46/h19-23,26-27H,11-18,24-25H2,1-10H3/q-1. The van der Waals surface area contributed by atoms with Gasteiger partial charge in [0.1, 0.15) is 11.6 Å². The topological polar surface area (TPSA) is 37.4 Å². The number of unbranched alkanes of at least 4 members (excludes halogenated alkanes) is 2. The average molecular weight is 794 g/mol. The van der Waals surface area contributed by atoms with Gasteiger partial charge in [0.05, 0.1) is 21.7 Å². The van der Waals surface area contributed by atoms with Crippen molar-refractivity contribution in [3.05, 3.63) is 62.8 Å². The average Bonchev–Trinajstić information content (AvgIpc) is 3.89. The zero-order valence-electron chi connectivity index (χ0n) is 33.4. The second-order valence-electron chi connectivity index (χ2n) is 17.6. The Hall–Kier alpha value is -2.46. The van der Waals surface area contributed by atoms with Gasteiger partial charge in [-0.2, -0.15) is 10.4 Å². The third kappa shape index (κ3) is 7.22. The Morgan fingerprint density at radius 3 is 1.79 bits per heavy atom. The maximum atomic E-state index is 15.2. The summed E-state index contributed by atoms with van der Waals surface area (Å²) in [6.45, 7) is 22.5. The second-order valence-corrected chi connectivity index (χ2v) is 24.8. The number of carbonyl (C=O) groups excluding carboxylic acids is 2. The molecule has 2 aliphatic rings. The van der Waals surface area contributed by atoms with Gasteiger partial charge < -0.3 is 0 Å². The molecular weight excluding hydrogens is 737 g/mol. The molecule has 0 aliphatic carbocycles. The van der Waals surface area contributed by atoms with E-state index in [9.17, 15) is 14.0 Å². The van der Waals surface area contributed by atoms with Crippen LogP contribution in [0.4, 0.5) is 14.5 Å². The van der Waals surface area contributed by atoms with Crippen LogP contribution in [0, 0.1) is 23.5 Å².